The highest BCUT2D eigenvalue weighted by Gasteiger charge is 2.10. The molecule has 1 atom stereocenters. The van der Waals surface area contributed by atoms with Crippen molar-refractivity contribution in [3.63, 3.8) is 0 Å². The molecule has 0 aliphatic carbocycles. The number of carbonyl (C=O) groups is 1. The summed E-state index contributed by atoms with van der Waals surface area (Å²) in [6.45, 7) is 5.38. The topological polar surface area (TPSA) is 44.4 Å². The van der Waals surface area contributed by atoms with E-state index in [9.17, 15) is 4.79 Å². The first-order chi connectivity index (χ1) is 9.04. The molecule has 2 N–H and O–H groups in total. The fourth-order valence-electron chi connectivity index (χ4n) is 1.68. The van der Waals surface area contributed by atoms with Crippen LogP contribution in [-0.4, -0.2) is 32.6 Å². The van der Waals surface area contributed by atoms with Crippen LogP contribution in [0.3, 0.4) is 0 Å². The number of benzene rings is 1. The van der Waals surface area contributed by atoms with Crippen molar-refractivity contribution in [2.75, 3.05) is 25.5 Å². The molecule has 1 aromatic carbocycles. The third kappa shape index (κ3) is 5.30. The molecular formula is C15H25N3O. The number of rotatable bonds is 7. The first-order valence-electron chi connectivity index (χ1n) is 6.82. The Balaban J connectivity index is 2.41. The molecule has 1 rings (SSSR count). The molecule has 0 spiro atoms. The molecular weight excluding hydrogens is 238 g/mol. The molecule has 4 heteroatoms. The lowest BCUT2D eigenvalue weighted by Gasteiger charge is -2.15. The van der Waals surface area contributed by atoms with Gasteiger partial charge in [0.05, 0.1) is 6.04 Å². The van der Waals surface area contributed by atoms with Gasteiger partial charge in [-0.2, -0.15) is 0 Å². The Morgan fingerprint density at radius 3 is 2.42 bits per heavy atom. The number of hydrogen-bond donors (Lipinski definition) is 2. The number of nitrogens with zero attached hydrogens (tertiary/aromatic N) is 1. The van der Waals surface area contributed by atoms with Crippen LogP contribution < -0.4 is 15.5 Å². The van der Waals surface area contributed by atoms with E-state index in [1.165, 1.54) is 11.3 Å². The Kier molecular flexibility index (Phi) is 6.36. The molecule has 4 nitrogen and oxygen atoms in total. The second-order valence-electron chi connectivity index (χ2n) is 4.95. The van der Waals surface area contributed by atoms with Crippen LogP contribution in [0.5, 0.6) is 0 Å². The second kappa shape index (κ2) is 7.79. The van der Waals surface area contributed by atoms with Crippen LogP contribution in [0.15, 0.2) is 24.3 Å². The van der Waals surface area contributed by atoms with Crippen LogP contribution in [0.2, 0.25) is 0 Å². The summed E-state index contributed by atoms with van der Waals surface area (Å²) in [6, 6.07) is 8.16. The number of carbonyl (C=O) groups excluding carboxylic acids is 1. The van der Waals surface area contributed by atoms with Gasteiger partial charge in [0.25, 0.3) is 0 Å². The van der Waals surface area contributed by atoms with Gasteiger partial charge in [-0.3, -0.25) is 4.79 Å². The quantitative estimate of drug-likeness (QED) is 0.788. The molecule has 1 unspecified atom stereocenters. The molecule has 0 fully saturated rings. The van der Waals surface area contributed by atoms with Crippen LogP contribution in [0.1, 0.15) is 25.8 Å². The first kappa shape index (κ1) is 15.5. The minimum Gasteiger partial charge on any atom is -0.378 e. The van der Waals surface area contributed by atoms with Gasteiger partial charge in [0.1, 0.15) is 0 Å². The molecule has 0 saturated carbocycles. The van der Waals surface area contributed by atoms with Crippen molar-refractivity contribution in [2.24, 2.45) is 0 Å². The Hall–Kier alpha value is -1.55. The van der Waals surface area contributed by atoms with Crippen LogP contribution in [0.25, 0.3) is 0 Å². The third-order valence-corrected chi connectivity index (χ3v) is 3.01. The molecule has 0 saturated heterocycles. The summed E-state index contributed by atoms with van der Waals surface area (Å²) in [7, 11) is 4.04. The first-order valence-corrected chi connectivity index (χ1v) is 6.82. The summed E-state index contributed by atoms with van der Waals surface area (Å²) in [4.78, 5) is 13.8. The van der Waals surface area contributed by atoms with E-state index in [0.717, 1.165) is 13.0 Å². The predicted molar refractivity (Wildman–Crippen MR) is 80.4 cm³/mol. The van der Waals surface area contributed by atoms with Crippen molar-refractivity contribution >= 4 is 11.6 Å². The fraction of sp³-hybridized carbons (Fsp3) is 0.533. The SMILES string of the molecule is CCCNC(=O)C(C)NCc1ccc(N(C)C)cc1. The normalized spacial score (nSPS) is 12.0. The lowest BCUT2D eigenvalue weighted by atomic mass is 10.2. The Labute approximate surface area is 116 Å². The average molecular weight is 263 g/mol. The van der Waals surface area contributed by atoms with Gasteiger partial charge in [-0.05, 0) is 31.0 Å². The second-order valence-corrected chi connectivity index (χ2v) is 4.95. The molecule has 19 heavy (non-hydrogen) atoms. The zero-order valence-electron chi connectivity index (χ0n) is 12.4. The smallest absolute Gasteiger partial charge is 0.236 e. The Morgan fingerprint density at radius 2 is 1.89 bits per heavy atom. The van der Waals surface area contributed by atoms with Gasteiger partial charge in [0.15, 0.2) is 0 Å². The molecule has 0 aliphatic rings. The van der Waals surface area contributed by atoms with Crippen molar-refractivity contribution in [1.82, 2.24) is 10.6 Å². The van der Waals surface area contributed by atoms with Crippen molar-refractivity contribution in [3.05, 3.63) is 29.8 Å². The third-order valence-electron chi connectivity index (χ3n) is 3.01. The van der Waals surface area contributed by atoms with Gasteiger partial charge in [-0.25, -0.2) is 0 Å². The standard InChI is InChI=1S/C15H25N3O/c1-5-10-16-15(19)12(2)17-11-13-6-8-14(9-7-13)18(3)4/h6-9,12,17H,5,10-11H2,1-4H3,(H,16,19). The lowest BCUT2D eigenvalue weighted by Crippen LogP contribution is -2.42. The highest BCUT2D eigenvalue weighted by atomic mass is 16.2. The van der Waals surface area contributed by atoms with E-state index in [1.807, 2.05) is 27.9 Å². The van der Waals surface area contributed by atoms with E-state index in [2.05, 4.69) is 39.8 Å². The molecule has 1 amide bonds. The van der Waals surface area contributed by atoms with Crippen LogP contribution in [0, 0.1) is 0 Å². The Morgan fingerprint density at radius 1 is 1.26 bits per heavy atom. The van der Waals surface area contributed by atoms with Crippen LogP contribution >= 0.6 is 0 Å². The van der Waals surface area contributed by atoms with Crippen molar-refractivity contribution < 1.29 is 4.79 Å². The maximum Gasteiger partial charge on any atom is 0.236 e. The van der Waals surface area contributed by atoms with E-state index in [4.69, 9.17) is 0 Å². The molecule has 0 aromatic heterocycles. The lowest BCUT2D eigenvalue weighted by molar-refractivity contribution is -0.122. The van der Waals surface area contributed by atoms with Gasteiger partial charge < -0.3 is 15.5 Å². The number of amides is 1. The Bertz CT molecular complexity index is 387. The van der Waals surface area contributed by atoms with Crippen molar-refractivity contribution in [1.29, 1.82) is 0 Å². The molecule has 1 aromatic rings. The highest BCUT2D eigenvalue weighted by molar-refractivity contribution is 5.81. The molecule has 0 heterocycles. The van der Waals surface area contributed by atoms with Crippen molar-refractivity contribution in [2.45, 2.75) is 32.9 Å². The zero-order chi connectivity index (χ0) is 14.3. The van der Waals surface area contributed by atoms with E-state index < -0.39 is 0 Å². The van der Waals surface area contributed by atoms with E-state index in [0.29, 0.717) is 6.54 Å². The average Bonchev–Trinajstić information content (AvgIpc) is 2.42. The summed E-state index contributed by atoms with van der Waals surface area (Å²) in [5.74, 6) is 0.0618. The number of nitrogens with one attached hydrogen (secondary N) is 2. The van der Waals surface area contributed by atoms with Gasteiger partial charge in [0.2, 0.25) is 5.91 Å². The van der Waals surface area contributed by atoms with Crippen LogP contribution in [0.4, 0.5) is 5.69 Å². The van der Waals surface area contributed by atoms with Gasteiger partial charge >= 0.3 is 0 Å². The van der Waals surface area contributed by atoms with Gasteiger partial charge in [-0.1, -0.05) is 19.1 Å². The minimum atomic E-state index is -0.167. The van der Waals surface area contributed by atoms with Gasteiger partial charge in [-0.15, -0.1) is 0 Å². The summed E-state index contributed by atoms with van der Waals surface area (Å²) < 4.78 is 0. The van der Waals surface area contributed by atoms with Crippen molar-refractivity contribution in [3.8, 4) is 0 Å². The summed E-state index contributed by atoms with van der Waals surface area (Å²) in [5.41, 5.74) is 2.36. The maximum atomic E-state index is 11.7. The van der Waals surface area contributed by atoms with Gasteiger partial charge in [0, 0.05) is 32.9 Å². The summed E-state index contributed by atoms with van der Waals surface area (Å²) >= 11 is 0. The van der Waals surface area contributed by atoms with E-state index in [-0.39, 0.29) is 11.9 Å². The molecule has 0 aliphatic heterocycles. The molecule has 0 bridgehead atoms. The van der Waals surface area contributed by atoms with E-state index in [1.54, 1.807) is 0 Å². The monoisotopic (exact) mass is 263 g/mol. The summed E-state index contributed by atoms with van der Waals surface area (Å²) in [5, 5.41) is 6.11. The summed E-state index contributed by atoms with van der Waals surface area (Å²) in [6.07, 6.45) is 0.963. The fourth-order valence-corrected chi connectivity index (χ4v) is 1.68. The zero-order valence-corrected chi connectivity index (χ0v) is 12.4. The number of anilines is 1. The molecule has 106 valence electrons. The highest BCUT2D eigenvalue weighted by Crippen LogP contribution is 2.12. The number of hydrogen-bond acceptors (Lipinski definition) is 3. The largest absolute Gasteiger partial charge is 0.378 e. The van der Waals surface area contributed by atoms with Crippen LogP contribution in [-0.2, 0) is 11.3 Å². The minimum absolute atomic E-state index is 0.0618. The molecule has 0 radical (unpaired) electrons. The van der Waals surface area contributed by atoms with E-state index >= 15 is 0 Å². The maximum absolute atomic E-state index is 11.7. The predicted octanol–water partition coefficient (Wildman–Crippen LogP) is 1.76.